The highest BCUT2D eigenvalue weighted by molar-refractivity contribution is 9.11. The zero-order chi connectivity index (χ0) is 14.5. The zero-order valence-electron chi connectivity index (χ0n) is 11.7. The standard InChI is InChI=1S/C16H18BrNOS/c1-3-12(2)18(11-13-7-5-4-6-8-13)16(19)14-9-10-15(17)20-14/h4-10,12H,3,11H2,1-2H3. The molecule has 2 rings (SSSR count). The fourth-order valence-electron chi connectivity index (χ4n) is 2.00. The largest absolute Gasteiger partial charge is 0.331 e. The van der Waals surface area contributed by atoms with Gasteiger partial charge in [0.05, 0.1) is 8.66 Å². The number of benzene rings is 1. The zero-order valence-corrected chi connectivity index (χ0v) is 14.1. The van der Waals surface area contributed by atoms with Gasteiger partial charge in [-0.3, -0.25) is 4.79 Å². The highest BCUT2D eigenvalue weighted by Crippen LogP contribution is 2.25. The van der Waals surface area contributed by atoms with Crippen LogP contribution in [-0.4, -0.2) is 16.8 Å². The van der Waals surface area contributed by atoms with Gasteiger partial charge in [-0.2, -0.15) is 0 Å². The highest BCUT2D eigenvalue weighted by atomic mass is 79.9. The molecule has 106 valence electrons. The maximum Gasteiger partial charge on any atom is 0.264 e. The van der Waals surface area contributed by atoms with E-state index < -0.39 is 0 Å². The average molecular weight is 352 g/mol. The Bertz CT molecular complexity index is 567. The average Bonchev–Trinajstić information content (AvgIpc) is 2.91. The second kappa shape index (κ2) is 7.04. The Hall–Kier alpha value is -1.13. The molecule has 0 aliphatic carbocycles. The number of hydrogen-bond donors (Lipinski definition) is 0. The predicted molar refractivity (Wildman–Crippen MR) is 88.1 cm³/mol. The molecule has 0 aliphatic rings. The van der Waals surface area contributed by atoms with E-state index in [1.807, 2.05) is 35.2 Å². The molecule has 0 saturated heterocycles. The van der Waals surface area contributed by atoms with Gasteiger partial charge in [0.25, 0.3) is 5.91 Å². The van der Waals surface area contributed by atoms with Crippen LogP contribution in [-0.2, 0) is 6.54 Å². The maximum atomic E-state index is 12.7. The molecule has 0 fully saturated rings. The van der Waals surface area contributed by atoms with Gasteiger partial charge >= 0.3 is 0 Å². The van der Waals surface area contributed by atoms with Crippen LogP contribution in [0.25, 0.3) is 0 Å². The second-order valence-electron chi connectivity index (χ2n) is 4.78. The van der Waals surface area contributed by atoms with Crippen molar-refractivity contribution in [2.24, 2.45) is 0 Å². The van der Waals surface area contributed by atoms with E-state index in [0.29, 0.717) is 6.54 Å². The molecule has 2 aromatic rings. The number of halogens is 1. The van der Waals surface area contributed by atoms with Gasteiger partial charge in [-0.05, 0) is 47.0 Å². The third-order valence-electron chi connectivity index (χ3n) is 3.36. The molecule has 1 heterocycles. The molecule has 20 heavy (non-hydrogen) atoms. The number of rotatable bonds is 5. The lowest BCUT2D eigenvalue weighted by Crippen LogP contribution is -2.37. The van der Waals surface area contributed by atoms with Crippen LogP contribution in [0.4, 0.5) is 0 Å². The van der Waals surface area contributed by atoms with Gasteiger partial charge in [-0.25, -0.2) is 0 Å². The first-order valence-electron chi connectivity index (χ1n) is 6.72. The van der Waals surface area contributed by atoms with Crippen molar-refractivity contribution >= 4 is 33.2 Å². The van der Waals surface area contributed by atoms with E-state index in [1.165, 1.54) is 11.3 Å². The number of carbonyl (C=O) groups excluding carboxylic acids is 1. The molecule has 0 N–H and O–H groups in total. The summed E-state index contributed by atoms with van der Waals surface area (Å²) in [5.74, 6) is 0.110. The topological polar surface area (TPSA) is 20.3 Å². The first-order valence-corrected chi connectivity index (χ1v) is 8.33. The third-order valence-corrected chi connectivity index (χ3v) is 4.98. The van der Waals surface area contributed by atoms with E-state index in [-0.39, 0.29) is 11.9 Å². The van der Waals surface area contributed by atoms with Gasteiger partial charge in [0.2, 0.25) is 0 Å². The summed E-state index contributed by atoms with van der Waals surface area (Å²) in [6.45, 7) is 4.87. The molecule has 0 radical (unpaired) electrons. The van der Waals surface area contributed by atoms with Crippen LogP contribution < -0.4 is 0 Å². The van der Waals surface area contributed by atoms with Crippen molar-refractivity contribution in [2.45, 2.75) is 32.9 Å². The van der Waals surface area contributed by atoms with E-state index in [9.17, 15) is 4.79 Å². The lowest BCUT2D eigenvalue weighted by atomic mass is 10.1. The lowest BCUT2D eigenvalue weighted by molar-refractivity contribution is 0.0676. The molecule has 0 bridgehead atoms. The molecule has 0 spiro atoms. The minimum Gasteiger partial charge on any atom is -0.331 e. The van der Waals surface area contributed by atoms with Crippen molar-refractivity contribution < 1.29 is 4.79 Å². The molecule has 1 amide bonds. The summed E-state index contributed by atoms with van der Waals surface area (Å²) in [7, 11) is 0. The summed E-state index contributed by atoms with van der Waals surface area (Å²) in [5, 5.41) is 0. The van der Waals surface area contributed by atoms with E-state index in [1.54, 1.807) is 0 Å². The minimum absolute atomic E-state index is 0.110. The molecule has 2 nitrogen and oxygen atoms in total. The second-order valence-corrected chi connectivity index (χ2v) is 7.24. The number of carbonyl (C=O) groups is 1. The SMILES string of the molecule is CCC(C)N(Cc1ccccc1)C(=O)c1ccc(Br)s1. The molecule has 0 aliphatic heterocycles. The summed E-state index contributed by atoms with van der Waals surface area (Å²) < 4.78 is 0.990. The lowest BCUT2D eigenvalue weighted by Gasteiger charge is -2.28. The Balaban J connectivity index is 2.21. The fourth-order valence-corrected chi connectivity index (χ4v) is 3.34. The fraction of sp³-hybridized carbons (Fsp3) is 0.312. The quantitative estimate of drug-likeness (QED) is 0.745. The third kappa shape index (κ3) is 3.70. The monoisotopic (exact) mass is 351 g/mol. The van der Waals surface area contributed by atoms with Gasteiger partial charge in [-0.15, -0.1) is 11.3 Å². The summed E-state index contributed by atoms with van der Waals surface area (Å²) in [6.07, 6.45) is 0.950. The van der Waals surface area contributed by atoms with Gasteiger partial charge in [0.1, 0.15) is 0 Å². The molecular formula is C16H18BrNOS. The Labute approximate surface area is 132 Å². The Kier molecular flexibility index (Phi) is 5.38. The highest BCUT2D eigenvalue weighted by Gasteiger charge is 2.21. The summed E-state index contributed by atoms with van der Waals surface area (Å²) in [6, 6.07) is 14.2. The molecule has 1 aromatic heterocycles. The molecule has 1 aromatic carbocycles. The van der Waals surface area contributed by atoms with Gasteiger partial charge < -0.3 is 4.90 Å². The van der Waals surface area contributed by atoms with Crippen LogP contribution in [0.1, 0.15) is 35.5 Å². The van der Waals surface area contributed by atoms with E-state index in [4.69, 9.17) is 0 Å². The Morgan fingerprint density at radius 3 is 2.50 bits per heavy atom. The van der Waals surface area contributed by atoms with Crippen molar-refractivity contribution in [3.8, 4) is 0 Å². The Morgan fingerprint density at radius 1 is 1.25 bits per heavy atom. The maximum absolute atomic E-state index is 12.7. The minimum atomic E-state index is 0.110. The van der Waals surface area contributed by atoms with Crippen LogP contribution in [0, 0.1) is 0 Å². The van der Waals surface area contributed by atoms with Crippen LogP contribution in [0.5, 0.6) is 0 Å². The molecular weight excluding hydrogens is 334 g/mol. The number of nitrogens with zero attached hydrogens (tertiary/aromatic N) is 1. The van der Waals surface area contributed by atoms with Gasteiger partial charge in [0, 0.05) is 12.6 Å². The number of thiophene rings is 1. The summed E-state index contributed by atoms with van der Waals surface area (Å²) >= 11 is 4.91. The first kappa shape index (κ1) is 15.3. The molecule has 0 saturated carbocycles. The van der Waals surface area contributed by atoms with Gasteiger partial charge in [0.15, 0.2) is 0 Å². The van der Waals surface area contributed by atoms with Crippen molar-refractivity contribution in [3.63, 3.8) is 0 Å². The van der Waals surface area contributed by atoms with Gasteiger partial charge in [-0.1, -0.05) is 37.3 Å². The smallest absolute Gasteiger partial charge is 0.264 e. The summed E-state index contributed by atoms with van der Waals surface area (Å²) in [5.41, 5.74) is 1.16. The van der Waals surface area contributed by atoms with E-state index in [2.05, 4.69) is 41.9 Å². The summed E-state index contributed by atoms with van der Waals surface area (Å²) in [4.78, 5) is 15.4. The number of hydrogen-bond acceptors (Lipinski definition) is 2. The van der Waals surface area contributed by atoms with Crippen LogP contribution in [0.3, 0.4) is 0 Å². The molecule has 4 heteroatoms. The van der Waals surface area contributed by atoms with E-state index in [0.717, 1.165) is 20.6 Å². The van der Waals surface area contributed by atoms with Crippen LogP contribution >= 0.6 is 27.3 Å². The van der Waals surface area contributed by atoms with Crippen LogP contribution in [0.2, 0.25) is 0 Å². The van der Waals surface area contributed by atoms with Crippen molar-refractivity contribution in [3.05, 3.63) is 56.7 Å². The van der Waals surface area contributed by atoms with Crippen molar-refractivity contribution in [1.29, 1.82) is 0 Å². The Morgan fingerprint density at radius 2 is 1.95 bits per heavy atom. The van der Waals surface area contributed by atoms with Crippen molar-refractivity contribution in [1.82, 2.24) is 4.90 Å². The normalized spacial score (nSPS) is 12.2. The first-order chi connectivity index (χ1) is 9.61. The van der Waals surface area contributed by atoms with Crippen LogP contribution in [0.15, 0.2) is 46.3 Å². The molecule has 1 atom stereocenters. The predicted octanol–water partition coefficient (Wildman–Crippen LogP) is 4.95. The van der Waals surface area contributed by atoms with Crippen molar-refractivity contribution in [2.75, 3.05) is 0 Å². The molecule has 1 unspecified atom stereocenters. The van der Waals surface area contributed by atoms with E-state index >= 15 is 0 Å². The number of amides is 1.